The van der Waals surface area contributed by atoms with Gasteiger partial charge in [0, 0.05) is 19.6 Å². The van der Waals surface area contributed by atoms with Crippen LogP contribution in [0.4, 0.5) is 0 Å². The summed E-state index contributed by atoms with van der Waals surface area (Å²) in [6.07, 6.45) is 2.20. The van der Waals surface area contributed by atoms with E-state index >= 15 is 0 Å². The number of aliphatic hydroxyl groups is 1. The van der Waals surface area contributed by atoms with E-state index in [1.165, 1.54) is 6.42 Å². The summed E-state index contributed by atoms with van der Waals surface area (Å²) < 4.78 is 0. The van der Waals surface area contributed by atoms with E-state index in [0.717, 1.165) is 39.1 Å². The molecule has 2 unspecified atom stereocenters. The average molecular weight is 242 g/mol. The molecule has 1 fully saturated rings. The number of rotatable bonds is 7. The number of hydrogen-bond acceptors (Lipinski definition) is 3. The normalized spacial score (nSPS) is 24.2. The van der Waals surface area contributed by atoms with Crippen molar-refractivity contribution in [3.05, 3.63) is 0 Å². The third-order valence-corrected chi connectivity index (χ3v) is 3.67. The van der Waals surface area contributed by atoms with E-state index in [2.05, 4.69) is 31.0 Å². The van der Waals surface area contributed by atoms with Crippen LogP contribution in [0.5, 0.6) is 0 Å². The van der Waals surface area contributed by atoms with Gasteiger partial charge in [0.25, 0.3) is 0 Å². The quantitative estimate of drug-likeness (QED) is 0.667. The molecule has 1 aliphatic rings. The molecule has 0 aromatic rings. The fourth-order valence-electron chi connectivity index (χ4n) is 2.66. The fourth-order valence-corrected chi connectivity index (χ4v) is 2.66. The van der Waals surface area contributed by atoms with Crippen LogP contribution >= 0.6 is 0 Å². The third kappa shape index (κ3) is 5.36. The molecule has 102 valence electrons. The largest absolute Gasteiger partial charge is 0.393 e. The molecule has 0 spiro atoms. The summed E-state index contributed by atoms with van der Waals surface area (Å²) in [5, 5.41) is 13.1. The van der Waals surface area contributed by atoms with Gasteiger partial charge in [-0.3, -0.25) is 0 Å². The molecule has 1 heterocycles. The number of nitrogens with one attached hydrogen (secondary N) is 1. The highest BCUT2D eigenvalue weighted by Gasteiger charge is 2.29. The van der Waals surface area contributed by atoms with Crippen molar-refractivity contribution >= 4 is 0 Å². The summed E-state index contributed by atoms with van der Waals surface area (Å²) in [6.45, 7) is 14.3. The van der Waals surface area contributed by atoms with E-state index in [1.54, 1.807) is 0 Å². The van der Waals surface area contributed by atoms with Crippen molar-refractivity contribution in [2.24, 2.45) is 11.3 Å². The van der Waals surface area contributed by atoms with Crippen molar-refractivity contribution in [3.8, 4) is 0 Å². The van der Waals surface area contributed by atoms with Gasteiger partial charge in [-0.25, -0.2) is 0 Å². The number of hydrogen-bond donors (Lipinski definition) is 2. The summed E-state index contributed by atoms with van der Waals surface area (Å²) in [7, 11) is 0. The van der Waals surface area contributed by atoms with Crippen molar-refractivity contribution < 1.29 is 5.11 Å². The molecule has 3 nitrogen and oxygen atoms in total. The van der Waals surface area contributed by atoms with Crippen LogP contribution in [-0.2, 0) is 0 Å². The molecule has 2 atom stereocenters. The van der Waals surface area contributed by atoms with Gasteiger partial charge in [0.2, 0.25) is 0 Å². The van der Waals surface area contributed by atoms with E-state index in [0.29, 0.717) is 11.3 Å². The van der Waals surface area contributed by atoms with Crippen LogP contribution in [0.25, 0.3) is 0 Å². The molecular weight excluding hydrogens is 212 g/mol. The topological polar surface area (TPSA) is 35.5 Å². The number of nitrogens with zero attached hydrogens (tertiary/aromatic N) is 1. The van der Waals surface area contributed by atoms with E-state index in [9.17, 15) is 5.11 Å². The molecular formula is C14H30N2O. The molecule has 1 rings (SSSR count). The Kier molecular flexibility index (Phi) is 5.90. The van der Waals surface area contributed by atoms with Crippen molar-refractivity contribution in [2.45, 2.75) is 46.6 Å². The van der Waals surface area contributed by atoms with Crippen LogP contribution in [0.3, 0.4) is 0 Å². The number of likely N-dealkylation sites (tertiary alicyclic amines) is 1. The summed E-state index contributed by atoms with van der Waals surface area (Å²) in [6, 6.07) is 0. The van der Waals surface area contributed by atoms with Crippen molar-refractivity contribution in [3.63, 3.8) is 0 Å². The van der Waals surface area contributed by atoms with Crippen LogP contribution in [0.2, 0.25) is 0 Å². The third-order valence-electron chi connectivity index (χ3n) is 3.67. The Bertz CT molecular complexity index is 216. The zero-order valence-corrected chi connectivity index (χ0v) is 12.0. The van der Waals surface area contributed by atoms with Gasteiger partial charge >= 0.3 is 0 Å². The lowest BCUT2D eigenvalue weighted by atomic mass is 9.92. The zero-order chi connectivity index (χ0) is 12.9. The predicted octanol–water partition coefficient (Wildman–Crippen LogP) is 1.71. The van der Waals surface area contributed by atoms with Gasteiger partial charge in [0.05, 0.1) is 6.10 Å². The Balaban J connectivity index is 2.28. The van der Waals surface area contributed by atoms with Gasteiger partial charge in [0.15, 0.2) is 0 Å². The molecule has 0 aromatic heterocycles. The summed E-state index contributed by atoms with van der Waals surface area (Å²) in [4.78, 5) is 2.50. The van der Waals surface area contributed by atoms with Crippen LogP contribution in [0.15, 0.2) is 0 Å². The molecule has 1 saturated heterocycles. The summed E-state index contributed by atoms with van der Waals surface area (Å²) >= 11 is 0. The predicted molar refractivity (Wildman–Crippen MR) is 73.2 cm³/mol. The fraction of sp³-hybridized carbons (Fsp3) is 1.00. The molecule has 0 amide bonds. The highest BCUT2D eigenvalue weighted by atomic mass is 16.3. The summed E-state index contributed by atoms with van der Waals surface area (Å²) in [5.41, 5.74) is 0.322. The first-order chi connectivity index (χ1) is 7.94. The Hall–Kier alpha value is -0.120. The highest BCUT2D eigenvalue weighted by Crippen LogP contribution is 2.24. The monoisotopic (exact) mass is 242 g/mol. The van der Waals surface area contributed by atoms with E-state index in [1.807, 2.05) is 6.92 Å². The van der Waals surface area contributed by atoms with Crippen LogP contribution in [0.1, 0.15) is 40.5 Å². The summed E-state index contributed by atoms with van der Waals surface area (Å²) in [5.74, 6) is 0.481. The lowest BCUT2D eigenvalue weighted by molar-refractivity contribution is 0.121. The molecule has 1 aliphatic heterocycles. The second-order valence-electron chi connectivity index (χ2n) is 6.37. The Morgan fingerprint density at radius 2 is 2.18 bits per heavy atom. The highest BCUT2D eigenvalue weighted by molar-refractivity contribution is 4.83. The second kappa shape index (κ2) is 6.72. The van der Waals surface area contributed by atoms with Gasteiger partial charge in [-0.1, -0.05) is 20.8 Å². The lowest BCUT2D eigenvalue weighted by Gasteiger charge is -2.30. The Morgan fingerprint density at radius 1 is 1.47 bits per heavy atom. The van der Waals surface area contributed by atoms with Crippen LogP contribution in [0, 0.1) is 11.3 Å². The van der Waals surface area contributed by atoms with E-state index in [4.69, 9.17) is 0 Å². The molecule has 17 heavy (non-hydrogen) atoms. The number of aliphatic hydroxyl groups excluding tert-OH is 1. The van der Waals surface area contributed by atoms with E-state index in [-0.39, 0.29) is 6.10 Å². The van der Waals surface area contributed by atoms with Gasteiger partial charge in [-0.2, -0.15) is 0 Å². The first-order valence-electron chi connectivity index (χ1n) is 7.06. The zero-order valence-electron chi connectivity index (χ0n) is 12.0. The van der Waals surface area contributed by atoms with Crippen molar-refractivity contribution in [2.75, 3.05) is 32.7 Å². The average Bonchev–Trinajstić information content (AvgIpc) is 2.65. The molecule has 0 saturated carbocycles. The first-order valence-corrected chi connectivity index (χ1v) is 7.06. The Labute approximate surface area is 107 Å². The minimum atomic E-state index is -0.152. The maximum atomic E-state index is 9.60. The molecule has 0 aliphatic carbocycles. The SMILES string of the molecule is CCCNCC(C)(C)CN1CCC(C(C)O)C1. The lowest BCUT2D eigenvalue weighted by Crippen LogP contribution is -2.40. The van der Waals surface area contributed by atoms with Gasteiger partial charge < -0.3 is 15.3 Å². The van der Waals surface area contributed by atoms with Crippen LogP contribution in [-0.4, -0.2) is 48.8 Å². The molecule has 3 heteroatoms. The first kappa shape index (κ1) is 14.9. The molecule has 0 radical (unpaired) electrons. The van der Waals surface area contributed by atoms with Crippen molar-refractivity contribution in [1.82, 2.24) is 10.2 Å². The molecule has 0 bridgehead atoms. The van der Waals surface area contributed by atoms with Gasteiger partial charge in [-0.15, -0.1) is 0 Å². The van der Waals surface area contributed by atoms with E-state index < -0.39 is 0 Å². The van der Waals surface area contributed by atoms with Gasteiger partial charge in [-0.05, 0) is 44.2 Å². The smallest absolute Gasteiger partial charge is 0.0552 e. The molecule has 2 N–H and O–H groups in total. The Morgan fingerprint density at radius 3 is 2.71 bits per heavy atom. The van der Waals surface area contributed by atoms with Gasteiger partial charge in [0.1, 0.15) is 0 Å². The van der Waals surface area contributed by atoms with Crippen molar-refractivity contribution in [1.29, 1.82) is 0 Å². The minimum absolute atomic E-state index is 0.152. The van der Waals surface area contributed by atoms with Crippen LogP contribution < -0.4 is 5.32 Å². The minimum Gasteiger partial charge on any atom is -0.393 e. The second-order valence-corrected chi connectivity index (χ2v) is 6.37. The molecule has 0 aromatic carbocycles. The standard InChI is InChI=1S/C14H30N2O/c1-5-7-15-10-14(3,4)11-16-8-6-13(9-16)12(2)17/h12-13,15,17H,5-11H2,1-4H3. The maximum Gasteiger partial charge on any atom is 0.0552 e. The maximum absolute atomic E-state index is 9.60.